The number of likely N-dealkylation sites (N-methyl/N-ethyl adjacent to an activating group) is 1. The molecule has 154 valence electrons. The Kier molecular flexibility index (Phi) is 4.77. The predicted molar refractivity (Wildman–Crippen MR) is 110 cm³/mol. The van der Waals surface area contributed by atoms with E-state index >= 15 is 0 Å². The van der Waals surface area contributed by atoms with Gasteiger partial charge in [-0.1, -0.05) is 24.3 Å². The third kappa shape index (κ3) is 3.41. The van der Waals surface area contributed by atoms with Crippen LogP contribution in [0.5, 0.6) is 5.75 Å². The number of aryl methyl sites for hydroxylation is 1. The maximum absolute atomic E-state index is 13.8. The molecular weight excluding hydrogens is 387 g/mol. The molecule has 0 aliphatic carbocycles. The van der Waals surface area contributed by atoms with Crippen LogP contribution < -0.4 is 15.0 Å². The molecule has 1 unspecified atom stereocenters. The third-order valence-corrected chi connectivity index (χ3v) is 5.12. The summed E-state index contributed by atoms with van der Waals surface area (Å²) in [4.78, 5) is 27.3. The summed E-state index contributed by atoms with van der Waals surface area (Å²) in [5, 5.41) is 6.83. The van der Waals surface area contributed by atoms with Gasteiger partial charge in [0.15, 0.2) is 0 Å². The number of carbonyl (C=O) groups is 2. The molecule has 1 atom stereocenters. The van der Waals surface area contributed by atoms with Gasteiger partial charge >= 0.3 is 0 Å². The average molecular weight is 408 g/mol. The first-order valence-corrected chi connectivity index (χ1v) is 9.43. The Balaban J connectivity index is 1.52. The number of fused-ring (bicyclic) bond motifs is 1. The molecule has 3 aromatic rings. The standard InChI is InChI=1S/C22H21FN4O3/c1-14-8-9-19-18(10-14)26(3)21(29)22(2,30-19)20(28)25-16-11-24-27(13-16)12-15-6-4-5-7-17(15)23/h4-11,13H,12H2,1-3H3,(H,25,28). The number of rotatable bonds is 4. The number of carbonyl (C=O) groups excluding carboxylic acids is 2. The van der Waals surface area contributed by atoms with Crippen LogP contribution in [0, 0.1) is 12.7 Å². The molecule has 7 nitrogen and oxygen atoms in total. The van der Waals surface area contributed by atoms with Gasteiger partial charge in [0.05, 0.1) is 24.1 Å². The summed E-state index contributed by atoms with van der Waals surface area (Å²) >= 11 is 0. The van der Waals surface area contributed by atoms with Crippen molar-refractivity contribution < 1.29 is 18.7 Å². The minimum Gasteiger partial charge on any atom is -0.465 e. The zero-order chi connectivity index (χ0) is 21.5. The quantitative estimate of drug-likeness (QED) is 0.673. The van der Waals surface area contributed by atoms with Crippen molar-refractivity contribution in [2.75, 3.05) is 17.3 Å². The second-order valence-electron chi connectivity index (χ2n) is 7.44. The lowest BCUT2D eigenvalue weighted by Crippen LogP contribution is -2.59. The van der Waals surface area contributed by atoms with Gasteiger partial charge in [-0.15, -0.1) is 0 Å². The van der Waals surface area contributed by atoms with Crippen LogP contribution in [0.1, 0.15) is 18.1 Å². The molecule has 2 aromatic carbocycles. The lowest BCUT2D eigenvalue weighted by atomic mass is 10.00. The van der Waals surface area contributed by atoms with Gasteiger partial charge in [-0.05, 0) is 37.6 Å². The summed E-state index contributed by atoms with van der Waals surface area (Å²) in [5.74, 6) is -0.965. The summed E-state index contributed by atoms with van der Waals surface area (Å²) in [6.07, 6.45) is 3.01. The third-order valence-electron chi connectivity index (χ3n) is 5.12. The van der Waals surface area contributed by atoms with E-state index in [-0.39, 0.29) is 12.4 Å². The van der Waals surface area contributed by atoms with Crippen LogP contribution >= 0.6 is 0 Å². The normalized spacial score (nSPS) is 18.0. The maximum Gasteiger partial charge on any atom is 0.280 e. The fourth-order valence-corrected chi connectivity index (χ4v) is 3.38. The first-order chi connectivity index (χ1) is 14.3. The van der Waals surface area contributed by atoms with Gasteiger partial charge in [0.2, 0.25) is 0 Å². The Labute approximate surface area is 173 Å². The molecule has 0 saturated heterocycles. The van der Waals surface area contributed by atoms with Crippen LogP contribution in [0.2, 0.25) is 0 Å². The molecule has 0 bridgehead atoms. The Hall–Kier alpha value is -3.68. The van der Waals surface area contributed by atoms with E-state index in [1.165, 1.54) is 28.8 Å². The van der Waals surface area contributed by atoms with E-state index in [9.17, 15) is 14.0 Å². The number of anilines is 2. The summed E-state index contributed by atoms with van der Waals surface area (Å²) < 4.78 is 21.2. The number of ether oxygens (including phenoxy) is 1. The average Bonchev–Trinajstić information content (AvgIpc) is 3.15. The molecule has 0 spiro atoms. The van der Waals surface area contributed by atoms with Crippen LogP contribution in [0.3, 0.4) is 0 Å². The highest BCUT2D eigenvalue weighted by atomic mass is 19.1. The number of aromatic nitrogens is 2. The molecule has 4 rings (SSSR count). The van der Waals surface area contributed by atoms with Crippen molar-refractivity contribution in [2.24, 2.45) is 0 Å². The largest absolute Gasteiger partial charge is 0.465 e. The summed E-state index contributed by atoms with van der Waals surface area (Å²) in [6.45, 7) is 3.57. The van der Waals surface area contributed by atoms with Crippen molar-refractivity contribution in [1.29, 1.82) is 0 Å². The molecule has 1 N–H and O–H groups in total. The zero-order valence-electron chi connectivity index (χ0n) is 16.8. The molecule has 2 amide bonds. The second-order valence-corrected chi connectivity index (χ2v) is 7.44. The molecule has 8 heteroatoms. The van der Waals surface area contributed by atoms with Gasteiger partial charge < -0.3 is 15.0 Å². The number of hydrogen-bond donors (Lipinski definition) is 1. The van der Waals surface area contributed by atoms with Gasteiger partial charge in [-0.2, -0.15) is 5.10 Å². The maximum atomic E-state index is 13.8. The highest BCUT2D eigenvalue weighted by molar-refractivity contribution is 6.19. The molecule has 1 aromatic heterocycles. The number of benzene rings is 2. The van der Waals surface area contributed by atoms with Gasteiger partial charge in [0.1, 0.15) is 11.6 Å². The zero-order valence-corrected chi connectivity index (χ0v) is 16.8. The van der Waals surface area contributed by atoms with Crippen LogP contribution in [0.15, 0.2) is 54.9 Å². The molecular formula is C22H21FN4O3. The Morgan fingerprint density at radius 3 is 2.80 bits per heavy atom. The van der Waals surface area contributed by atoms with Crippen LogP contribution in [0.4, 0.5) is 15.8 Å². The minimum absolute atomic E-state index is 0.213. The Morgan fingerprint density at radius 1 is 1.27 bits per heavy atom. The van der Waals surface area contributed by atoms with E-state index in [4.69, 9.17) is 4.74 Å². The molecule has 1 aliphatic rings. The van der Waals surface area contributed by atoms with E-state index in [1.54, 1.807) is 37.5 Å². The monoisotopic (exact) mass is 408 g/mol. The highest BCUT2D eigenvalue weighted by Gasteiger charge is 2.49. The van der Waals surface area contributed by atoms with Crippen molar-refractivity contribution in [2.45, 2.75) is 26.0 Å². The first kappa shape index (κ1) is 19.6. The molecule has 30 heavy (non-hydrogen) atoms. The number of halogens is 1. The van der Waals surface area contributed by atoms with E-state index < -0.39 is 17.4 Å². The summed E-state index contributed by atoms with van der Waals surface area (Å²) in [7, 11) is 1.61. The Bertz CT molecular complexity index is 1140. The first-order valence-electron chi connectivity index (χ1n) is 9.43. The van der Waals surface area contributed by atoms with Gasteiger partial charge in [0.25, 0.3) is 17.4 Å². The van der Waals surface area contributed by atoms with Gasteiger partial charge in [0, 0.05) is 18.8 Å². The number of hydrogen-bond acceptors (Lipinski definition) is 4. The van der Waals surface area contributed by atoms with E-state index in [2.05, 4.69) is 10.4 Å². The summed E-state index contributed by atoms with van der Waals surface area (Å²) in [5.41, 5.74) is 0.719. The number of nitrogens with zero attached hydrogens (tertiary/aromatic N) is 3. The number of amides is 2. The second kappa shape index (κ2) is 7.29. The molecule has 0 saturated carbocycles. The van der Waals surface area contributed by atoms with E-state index in [0.29, 0.717) is 22.7 Å². The fourth-order valence-electron chi connectivity index (χ4n) is 3.38. The topological polar surface area (TPSA) is 76.5 Å². The number of nitrogens with one attached hydrogen (secondary N) is 1. The predicted octanol–water partition coefficient (Wildman–Crippen LogP) is 3.13. The van der Waals surface area contributed by atoms with Crippen LogP contribution in [-0.2, 0) is 16.1 Å². The van der Waals surface area contributed by atoms with Crippen molar-refractivity contribution >= 4 is 23.2 Å². The van der Waals surface area contributed by atoms with Crippen molar-refractivity contribution in [3.63, 3.8) is 0 Å². The van der Waals surface area contributed by atoms with Crippen LogP contribution in [0.25, 0.3) is 0 Å². The highest BCUT2D eigenvalue weighted by Crippen LogP contribution is 2.38. The SMILES string of the molecule is Cc1ccc2c(c1)N(C)C(=O)C(C)(C(=O)Nc1cnn(Cc3ccccc3F)c1)O2. The summed E-state index contributed by atoms with van der Waals surface area (Å²) in [6, 6.07) is 11.8. The molecule has 0 fully saturated rings. The van der Waals surface area contributed by atoms with Crippen molar-refractivity contribution in [3.8, 4) is 5.75 Å². The van der Waals surface area contributed by atoms with Gasteiger partial charge in [-0.25, -0.2) is 4.39 Å². The van der Waals surface area contributed by atoms with E-state index in [1.807, 2.05) is 19.1 Å². The van der Waals surface area contributed by atoms with Gasteiger partial charge in [-0.3, -0.25) is 14.3 Å². The van der Waals surface area contributed by atoms with E-state index in [0.717, 1.165) is 5.56 Å². The fraction of sp³-hybridized carbons (Fsp3) is 0.227. The molecule has 1 aliphatic heterocycles. The van der Waals surface area contributed by atoms with Crippen molar-refractivity contribution in [3.05, 3.63) is 71.8 Å². The van der Waals surface area contributed by atoms with Crippen molar-refractivity contribution in [1.82, 2.24) is 9.78 Å². The smallest absolute Gasteiger partial charge is 0.280 e. The lowest BCUT2D eigenvalue weighted by Gasteiger charge is -2.37. The molecule has 0 radical (unpaired) electrons. The lowest BCUT2D eigenvalue weighted by molar-refractivity contribution is -0.144. The minimum atomic E-state index is -1.73. The molecule has 2 heterocycles. The van der Waals surface area contributed by atoms with Crippen LogP contribution in [-0.4, -0.2) is 34.2 Å². The Morgan fingerprint density at radius 2 is 2.03 bits per heavy atom.